The molecule has 0 bridgehead atoms. The molecule has 22 heavy (non-hydrogen) atoms. The van der Waals surface area contributed by atoms with Gasteiger partial charge in [0.1, 0.15) is 6.33 Å². The maximum absolute atomic E-state index is 12.3. The average Bonchev–Trinajstić information content (AvgIpc) is 3.15. The topological polar surface area (TPSA) is 85.8 Å². The highest BCUT2D eigenvalue weighted by Crippen LogP contribution is 2.26. The smallest absolute Gasteiger partial charge is 0.227 e. The van der Waals surface area contributed by atoms with Crippen LogP contribution in [0.4, 0.5) is 5.69 Å². The van der Waals surface area contributed by atoms with Crippen LogP contribution in [0, 0.1) is 5.92 Å². The summed E-state index contributed by atoms with van der Waals surface area (Å²) in [7, 11) is 0. The highest BCUT2D eigenvalue weighted by molar-refractivity contribution is 5.93. The number of hydrogen-bond acceptors (Lipinski definition) is 4. The molecule has 1 heterocycles. The van der Waals surface area contributed by atoms with Gasteiger partial charge in [-0.15, -0.1) is 10.2 Å². The number of rotatable bonds is 4. The van der Waals surface area contributed by atoms with E-state index in [2.05, 4.69) is 15.5 Å². The average molecular weight is 299 g/mol. The molecule has 1 saturated carbocycles. The first-order valence-electron chi connectivity index (χ1n) is 7.72. The van der Waals surface area contributed by atoms with Gasteiger partial charge >= 0.3 is 0 Å². The molecule has 1 aliphatic carbocycles. The molecule has 116 valence electrons. The van der Waals surface area contributed by atoms with Crippen molar-refractivity contribution in [3.8, 4) is 11.4 Å². The molecule has 0 aliphatic heterocycles. The lowest BCUT2D eigenvalue weighted by molar-refractivity contribution is -0.119. The Morgan fingerprint density at radius 2 is 2.32 bits per heavy atom. The van der Waals surface area contributed by atoms with E-state index in [1.807, 2.05) is 35.8 Å². The molecule has 0 saturated heterocycles. The largest absolute Gasteiger partial charge is 0.328 e. The van der Waals surface area contributed by atoms with Crippen molar-refractivity contribution in [1.29, 1.82) is 0 Å². The van der Waals surface area contributed by atoms with Crippen molar-refractivity contribution in [1.82, 2.24) is 14.8 Å². The van der Waals surface area contributed by atoms with Crippen LogP contribution in [0.1, 0.15) is 26.2 Å². The first-order valence-corrected chi connectivity index (χ1v) is 7.72. The van der Waals surface area contributed by atoms with Gasteiger partial charge in [0, 0.05) is 29.8 Å². The molecule has 1 aromatic heterocycles. The fourth-order valence-electron chi connectivity index (χ4n) is 2.94. The molecule has 2 aromatic rings. The summed E-state index contributed by atoms with van der Waals surface area (Å²) in [5.41, 5.74) is 7.61. The van der Waals surface area contributed by atoms with E-state index in [9.17, 15) is 4.79 Å². The summed E-state index contributed by atoms with van der Waals surface area (Å²) in [6.45, 7) is 2.85. The number of nitrogens with zero attached hydrogens (tertiary/aromatic N) is 3. The zero-order valence-corrected chi connectivity index (χ0v) is 12.7. The highest BCUT2D eigenvalue weighted by Gasteiger charge is 2.27. The van der Waals surface area contributed by atoms with Gasteiger partial charge in [-0.1, -0.05) is 12.1 Å². The van der Waals surface area contributed by atoms with Crippen LogP contribution in [0.15, 0.2) is 30.6 Å². The summed E-state index contributed by atoms with van der Waals surface area (Å²) < 4.78 is 1.97. The van der Waals surface area contributed by atoms with Gasteiger partial charge in [0.25, 0.3) is 0 Å². The molecule has 6 nitrogen and oxygen atoms in total. The quantitative estimate of drug-likeness (QED) is 0.904. The van der Waals surface area contributed by atoms with E-state index in [-0.39, 0.29) is 17.9 Å². The first kappa shape index (κ1) is 14.7. The standard InChI is InChI=1S/C16H21N5O/c1-2-21-10-18-20-15(21)11-4-3-5-14(9-11)19-16(22)12-6-7-13(17)8-12/h3-5,9-10,12-13H,2,6-8,17H2,1H3,(H,19,22). The molecule has 2 atom stereocenters. The Morgan fingerprint density at radius 1 is 1.45 bits per heavy atom. The predicted octanol–water partition coefficient (Wildman–Crippen LogP) is 2.03. The van der Waals surface area contributed by atoms with E-state index in [1.165, 1.54) is 0 Å². The summed E-state index contributed by atoms with van der Waals surface area (Å²) >= 11 is 0. The first-order chi connectivity index (χ1) is 10.7. The lowest BCUT2D eigenvalue weighted by atomic mass is 10.1. The van der Waals surface area contributed by atoms with E-state index in [4.69, 9.17) is 5.73 Å². The molecule has 3 rings (SSSR count). The van der Waals surface area contributed by atoms with Gasteiger partial charge in [-0.05, 0) is 38.3 Å². The van der Waals surface area contributed by atoms with Crippen LogP contribution in [-0.2, 0) is 11.3 Å². The van der Waals surface area contributed by atoms with Crippen LogP contribution in [0.3, 0.4) is 0 Å². The normalized spacial score (nSPS) is 21.0. The van der Waals surface area contributed by atoms with Crippen molar-refractivity contribution in [2.24, 2.45) is 11.7 Å². The minimum absolute atomic E-state index is 0.0259. The summed E-state index contributed by atoms with van der Waals surface area (Å²) in [4.78, 5) is 12.3. The van der Waals surface area contributed by atoms with E-state index in [1.54, 1.807) is 6.33 Å². The van der Waals surface area contributed by atoms with Crippen LogP contribution >= 0.6 is 0 Å². The van der Waals surface area contributed by atoms with E-state index < -0.39 is 0 Å². The summed E-state index contributed by atoms with van der Waals surface area (Å²) in [5, 5.41) is 11.1. The SMILES string of the molecule is CCn1cnnc1-c1cccc(NC(=O)C2CCC(N)C2)c1. The Bertz CT molecular complexity index is 666. The number of anilines is 1. The van der Waals surface area contributed by atoms with Crippen molar-refractivity contribution in [3.63, 3.8) is 0 Å². The lowest BCUT2D eigenvalue weighted by Crippen LogP contribution is -2.23. The van der Waals surface area contributed by atoms with Crippen molar-refractivity contribution in [3.05, 3.63) is 30.6 Å². The second-order valence-corrected chi connectivity index (χ2v) is 5.78. The molecule has 1 amide bonds. The Morgan fingerprint density at radius 3 is 3.05 bits per heavy atom. The van der Waals surface area contributed by atoms with Crippen molar-refractivity contribution in [2.75, 3.05) is 5.32 Å². The number of amides is 1. The second-order valence-electron chi connectivity index (χ2n) is 5.78. The third-order valence-electron chi connectivity index (χ3n) is 4.19. The molecule has 2 unspecified atom stereocenters. The van der Waals surface area contributed by atoms with E-state index >= 15 is 0 Å². The van der Waals surface area contributed by atoms with Crippen LogP contribution in [0.25, 0.3) is 11.4 Å². The number of hydrogen-bond donors (Lipinski definition) is 2. The zero-order chi connectivity index (χ0) is 15.5. The highest BCUT2D eigenvalue weighted by atomic mass is 16.1. The van der Waals surface area contributed by atoms with Gasteiger partial charge in [-0.3, -0.25) is 4.79 Å². The second kappa shape index (κ2) is 6.27. The van der Waals surface area contributed by atoms with Gasteiger partial charge in [-0.2, -0.15) is 0 Å². The van der Waals surface area contributed by atoms with Crippen molar-refractivity contribution >= 4 is 11.6 Å². The monoisotopic (exact) mass is 299 g/mol. The Balaban J connectivity index is 1.75. The van der Waals surface area contributed by atoms with Crippen LogP contribution in [-0.4, -0.2) is 26.7 Å². The predicted molar refractivity (Wildman–Crippen MR) is 85.1 cm³/mol. The third-order valence-corrected chi connectivity index (χ3v) is 4.19. The van der Waals surface area contributed by atoms with E-state index in [0.717, 1.165) is 42.9 Å². The number of nitrogens with one attached hydrogen (secondary N) is 1. The maximum atomic E-state index is 12.3. The molecule has 3 N–H and O–H groups in total. The summed E-state index contributed by atoms with van der Waals surface area (Å²) in [6, 6.07) is 7.87. The minimum Gasteiger partial charge on any atom is -0.328 e. The molecular weight excluding hydrogens is 278 g/mol. The minimum atomic E-state index is 0.0259. The lowest BCUT2D eigenvalue weighted by Gasteiger charge is -2.12. The number of carbonyl (C=O) groups excluding carboxylic acids is 1. The molecule has 1 fully saturated rings. The van der Waals surface area contributed by atoms with E-state index in [0.29, 0.717) is 0 Å². The van der Waals surface area contributed by atoms with Crippen molar-refractivity contribution < 1.29 is 4.79 Å². The summed E-state index contributed by atoms with van der Waals surface area (Å²) in [5.74, 6) is 0.890. The molecular formula is C16H21N5O. The van der Waals surface area contributed by atoms with Crippen LogP contribution < -0.4 is 11.1 Å². The fourth-order valence-corrected chi connectivity index (χ4v) is 2.94. The number of aromatic nitrogens is 3. The van der Waals surface area contributed by atoms with Gasteiger partial charge < -0.3 is 15.6 Å². The van der Waals surface area contributed by atoms with Crippen molar-refractivity contribution in [2.45, 2.75) is 38.8 Å². The number of nitrogens with two attached hydrogens (primary N) is 1. The summed E-state index contributed by atoms with van der Waals surface area (Å²) in [6.07, 6.45) is 4.28. The third kappa shape index (κ3) is 3.01. The Hall–Kier alpha value is -2.21. The molecule has 6 heteroatoms. The zero-order valence-electron chi connectivity index (χ0n) is 12.7. The Kier molecular flexibility index (Phi) is 4.20. The molecule has 1 aromatic carbocycles. The number of carbonyl (C=O) groups is 1. The molecule has 0 spiro atoms. The van der Waals surface area contributed by atoms with Gasteiger partial charge in [0.15, 0.2) is 5.82 Å². The van der Waals surface area contributed by atoms with Gasteiger partial charge in [0.2, 0.25) is 5.91 Å². The Labute approximate surface area is 129 Å². The maximum Gasteiger partial charge on any atom is 0.227 e. The number of aryl methyl sites for hydroxylation is 1. The molecule has 0 radical (unpaired) electrons. The molecule has 1 aliphatic rings. The van der Waals surface area contributed by atoms with Gasteiger partial charge in [0.05, 0.1) is 0 Å². The van der Waals surface area contributed by atoms with Crippen LogP contribution in [0.2, 0.25) is 0 Å². The van der Waals surface area contributed by atoms with Crippen LogP contribution in [0.5, 0.6) is 0 Å². The number of benzene rings is 1. The fraction of sp³-hybridized carbons (Fsp3) is 0.438. The van der Waals surface area contributed by atoms with Gasteiger partial charge in [-0.25, -0.2) is 0 Å².